The Morgan fingerprint density at radius 1 is 1.28 bits per heavy atom. The second-order valence-electron chi connectivity index (χ2n) is 4.43. The summed E-state index contributed by atoms with van der Waals surface area (Å²) in [6, 6.07) is 10.4. The summed E-state index contributed by atoms with van der Waals surface area (Å²) >= 11 is 0. The highest BCUT2D eigenvalue weighted by atomic mass is 32.2. The second kappa shape index (κ2) is 6.07. The molecule has 2 aromatic rings. The maximum absolute atomic E-state index is 10.9. The van der Waals surface area contributed by atoms with Gasteiger partial charge in [-0.25, -0.2) is 0 Å². The molecule has 1 heterocycles. The van der Waals surface area contributed by atoms with E-state index < -0.39 is 10.8 Å². The maximum Gasteiger partial charge on any atom is 0.0705 e. The zero-order valence-corrected chi connectivity index (χ0v) is 11.6. The van der Waals surface area contributed by atoms with Gasteiger partial charge in [-0.05, 0) is 30.7 Å². The predicted molar refractivity (Wildman–Crippen MR) is 77.1 cm³/mol. The third kappa shape index (κ3) is 3.62. The van der Waals surface area contributed by atoms with E-state index in [0.29, 0.717) is 5.75 Å². The van der Waals surface area contributed by atoms with Gasteiger partial charge in [-0.1, -0.05) is 12.1 Å². The van der Waals surface area contributed by atoms with Crippen molar-refractivity contribution in [3.05, 3.63) is 41.6 Å². The summed E-state index contributed by atoms with van der Waals surface area (Å²) in [6.45, 7) is 3.59. The fraction of sp³-hybridized carbons (Fsp3) is 0.357. The van der Waals surface area contributed by atoms with Crippen molar-refractivity contribution < 1.29 is 4.21 Å². The minimum atomic E-state index is -0.721. The van der Waals surface area contributed by atoms with Crippen LogP contribution in [0.5, 0.6) is 0 Å². The van der Waals surface area contributed by atoms with Crippen LogP contribution in [-0.4, -0.2) is 27.7 Å². The van der Waals surface area contributed by atoms with Gasteiger partial charge in [0.1, 0.15) is 0 Å². The zero-order valence-electron chi connectivity index (χ0n) is 10.8. The minimum absolute atomic E-state index is 0.703. The molecule has 96 valence electrons. The van der Waals surface area contributed by atoms with Crippen molar-refractivity contribution in [1.82, 2.24) is 10.3 Å². The third-order valence-electron chi connectivity index (χ3n) is 2.79. The van der Waals surface area contributed by atoms with Crippen LogP contribution in [-0.2, 0) is 17.3 Å². The van der Waals surface area contributed by atoms with Crippen LogP contribution < -0.4 is 5.32 Å². The Bertz CT molecular complexity index is 569. The van der Waals surface area contributed by atoms with Crippen LogP contribution in [0, 0.1) is 6.92 Å². The van der Waals surface area contributed by atoms with E-state index in [0.717, 1.165) is 24.3 Å². The van der Waals surface area contributed by atoms with Gasteiger partial charge in [0.15, 0.2) is 0 Å². The molecule has 0 spiro atoms. The van der Waals surface area contributed by atoms with Gasteiger partial charge in [0.25, 0.3) is 0 Å². The predicted octanol–water partition coefficient (Wildman–Crippen LogP) is 2.01. The van der Waals surface area contributed by atoms with E-state index >= 15 is 0 Å². The molecular formula is C14H18N2OS. The lowest BCUT2D eigenvalue weighted by Gasteiger charge is -2.05. The molecule has 0 amide bonds. The summed E-state index contributed by atoms with van der Waals surface area (Å²) in [5.74, 6) is 0.703. The SMILES string of the molecule is Cc1ccc2cc(CNCCS(C)=O)ccc2n1. The van der Waals surface area contributed by atoms with E-state index in [1.165, 1.54) is 10.9 Å². The minimum Gasteiger partial charge on any atom is -0.312 e. The maximum atomic E-state index is 10.9. The summed E-state index contributed by atoms with van der Waals surface area (Å²) in [5.41, 5.74) is 3.31. The molecule has 0 bridgehead atoms. The first-order valence-corrected chi connectivity index (χ1v) is 7.75. The van der Waals surface area contributed by atoms with Gasteiger partial charge in [0.2, 0.25) is 0 Å². The molecule has 0 saturated heterocycles. The number of pyridine rings is 1. The molecule has 1 atom stereocenters. The van der Waals surface area contributed by atoms with E-state index in [4.69, 9.17) is 0 Å². The van der Waals surface area contributed by atoms with Crippen LogP contribution in [0.25, 0.3) is 10.9 Å². The molecule has 1 unspecified atom stereocenters. The number of fused-ring (bicyclic) bond motifs is 1. The molecule has 0 fully saturated rings. The number of benzene rings is 1. The summed E-state index contributed by atoms with van der Waals surface area (Å²) in [4.78, 5) is 4.48. The van der Waals surface area contributed by atoms with E-state index in [2.05, 4.69) is 34.6 Å². The highest BCUT2D eigenvalue weighted by Gasteiger charge is 1.98. The average Bonchev–Trinajstić information content (AvgIpc) is 2.34. The lowest BCUT2D eigenvalue weighted by atomic mass is 10.1. The summed E-state index contributed by atoms with van der Waals surface area (Å²) in [5, 5.41) is 4.46. The first-order valence-electron chi connectivity index (χ1n) is 6.02. The first kappa shape index (κ1) is 13.2. The molecule has 2 rings (SSSR count). The third-order valence-corrected chi connectivity index (χ3v) is 3.57. The van der Waals surface area contributed by atoms with Gasteiger partial charge in [-0.2, -0.15) is 0 Å². The van der Waals surface area contributed by atoms with Crippen LogP contribution in [0.2, 0.25) is 0 Å². The lowest BCUT2D eigenvalue weighted by molar-refractivity contribution is 0.677. The van der Waals surface area contributed by atoms with Crippen molar-refractivity contribution in [2.24, 2.45) is 0 Å². The highest BCUT2D eigenvalue weighted by molar-refractivity contribution is 7.84. The smallest absolute Gasteiger partial charge is 0.0705 e. The number of aryl methyl sites for hydroxylation is 1. The lowest BCUT2D eigenvalue weighted by Crippen LogP contribution is -2.19. The van der Waals surface area contributed by atoms with Crippen LogP contribution in [0.3, 0.4) is 0 Å². The van der Waals surface area contributed by atoms with Crippen LogP contribution >= 0.6 is 0 Å². The topological polar surface area (TPSA) is 42.0 Å². The molecule has 1 N–H and O–H groups in total. The fourth-order valence-electron chi connectivity index (χ4n) is 1.84. The number of hydrogen-bond acceptors (Lipinski definition) is 3. The molecule has 0 radical (unpaired) electrons. The molecule has 0 saturated carbocycles. The number of nitrogens with one attached hydrogen (secondary N) is 1. The van der Waals surface area contributed by atoms with Gasteiger partial charge in [0.05, 0.1) is 5.52 Å². The highest BCUT2D eigenvalue weighted by Crippen LogP contribution is 2.14. The Kier molecular flexibility index (Phi) is 4.44. The van der Waals surface area contributed by atoms with E-state index in [1.807, 2.05) is 13.0 Å². The number of aromatic nitrogens is 1. The van der Waals surface area contributed by atoms with Crippen molar-refractivity contribution in [2.45, 2.75) is 13.5 Å². The molecule has 18 heavy (non-hydrogen) atoms. The summed E-state index contributed by atoms with van der Waals surface area (Å²) < 4.78 is 10.9. The fourth-order valence-corrected chi connectivity index (χ4v) is 2.27. The molecule has 1 aromatic heterocycles. The van der Waals surface area contributed by atoms with Crippen molar-refractivity contribution >= 4 is 21.7 Å². The monoisotopic (exact) mass is 262 g/mol. The van der Waals surface area contributed by atoms with Gasteiger partial charge in [0, 0.05) is 47.0 Å². The van der Waals surface area contributed by atoms with E-state index in [9.17, 15) is 4.21 Å². The van der Waals surface area contributed by atoms with E-state index in [1.54, 1.807) is 6.26 Å². The second-order valence-corrected chi connectivity index (χ2v) is 5.99. The van der Waals surface area contributed by atoms with Gasteiger partial charge < -0.3 is 5.32 Å². The molecule has 0 aliphatic carbocycles. The average molecular weight is 262 g/mol. The van der Waals surface area contributed by atoms with Crippen LogP contribution in [0.15, 0.2) is 30.3 Å². The first-order chi connectivity index (χ1) is 8.65. The number of rotatable bonds is 5. The van der Waals surface area contributed by atoms with Crippen molar-refractivity contribution in [2.75, 3.05) is 18.6 Å². The normalized spacial score (nSPS) is 12.8. The standard InChI is InChI=1S/C14H18N2OS/c1-11-3-5-13-9-12(4-6-14(13)16-11)10-15-7-8-18(2)17/h3-6,9,15H,7-8,10H2,1-2H3. The Hall–Kier alpha value is -1.26. The Labute approximate surface area is 110 Å². The number of hydrogen-bond donors (Lipinski definition) is 1. The molecule has 0 aliphatic heterocycles. The Morgan fingerprint density at radius 3 is 2.89 bits per heavy atom. The van der Waals surface area contributed by atoms with Crippen molar-refractivity contribution in [3.63, 3.8) is 0 Å². The molecule has 1 aromatic carbocycles. The van der Waals surface area contributed by atoms with E-state index in [-0.39, 0.29) is 0 Å². The Balaban J connectivity index is 2.01. The molecule has 4 heteroatoms. The number of nitrogens with zero attached hydrogens (tertiary/aromatic N) is 1. The molecule has 0 aliphatic rings. The molecule has 3 nitrogen and oxygen atoms in total. The van der Waals surface area contributed by atoms with Crippen LogP contribution in [0.4, 0.5) is 0 Å². The van der Waals surface area contributed by atoms with Gasteiger partial charge >= 0.3 is 0 Å². The van der Waals surface area contributed by atoms with Gasteiger partial charge in [-0.3, -0.25) is 9.19 Å². The van der Waals surface area contributed by atoms with Crippen LogP contribution in [0.1, 0.15) is 11.3 Å². The van der Waals surface area contributed by atoms with Crippen molar-refractivity contribution in [1.29, 1.82) is 0 Å². The largest absolute Gasteiger partial charge is 0.312 e. The van der Waals surface area contributed by atoms with Gasteiger partial charge in [-0.15, -0.1) is 0 Å². The quantitative estimate of drug-likeness (QED) is 0.838. The Morgan fingerprint density at radius 2 is 2.11 bits per heavy atom. The van der Waals surface area contributed by atoms with Crippen molar-refractivity contribution in [3.8, 4) is 0 Å². The zero-order chi connectivity index (χ0) is 13.0. The summed E-state index contributed by atoms with van der Waals surface area (Å²) in [6.07, 6.45) is 1.73. The summed E-state index contributed by atoms with van der Waals surface area (Å²) in [7, 11) is -0.721. The molecular weight excluding hydrogens is 244 g/mol.